The fourth-order valence-electron chi connectivity index (χ4n) is 10.5. The highest BCUT2D eigenvalue weighted by atomic mass is 35.5. The third-order valence-electron chi connectivity index (χ3n) is 15.3. The maximum Gasteiger partial charge on any atom is 0.323 e. The molecule has 3 aromatic carbocycles. The van der Waals surface area contributed by atoms with Crippen LogP contribution in [0.3, 0.4) is 0 Å². The molecule has 2 aliphatic heterocycles. The summed E-state index contributed by atoms with van der Waals surface area (Å²) in [6.45, 7) is 17.0. The van der Waals surface area contributed by atoms with Crippen LogP contribution < -0.4 is 26.4 Å². The van der Waals surface area contributed by atoms with Gasteiger partial charge in [0.1, 0.15) is 58.5 Å². The third-order valence-corrected chi connectivity index (χ3v) is 17.8. The van der Waals surface area contributed by atoms with Gasteiger partial charge in [-0.3, -0.25) is 33.5 Å². The molecule has 0 spiro atoms. The molecule has 1 saturated heterocycles. The average Bonchev–Trinajstić information content (AvgIpc) is 4.43. The molecule has 2 fully saturated rings. The summed E-state index contributed by atoms with van der Waals surface area (Å²) in [7, 11) is 0. The number of aliphatic imine (C=N–C) groups is 1. The zero-order valence-corrected chi connectivity index (χ0v) is 48.4. The fraction of sp³-hybridized carbons (Fsp3) is 0.407. The Balaban J connectivity index is 0.771. The van der Waals surface area contributed by atoms with Crippen molar-refractivity contribution in [3.8, 4) is 21.2 Å². The molecule has 10 rings (SSSR count). The summed E-state index contributed by atoms with van der Waals surface area (Å²) in [6, 6.07) is 18.2. The predicted molar refractivity (Wildman–Crippen MR) is 307 cm³/mol. The number of thiophene rings is 1. The predicted octanol–water partition coefficient (Wildman–Crippen LogP) is 9.22. The van der Waals surface area contributed by atoms with Gasteiger partial charge in [-0.2, -0.15) is 0 Å². The molecule has 1 aliphatic carbocycles. The Morgan fingerprint density at radius 3 is 2.27 bits per heavy atom. The number of rotatable bonds is 17. The van der Waals surface area contributed by atoms with E-state index in [0.717, 1.165) is 54.0 Å². The van der Waals surface area contributed by atoms with Gasteiger partial charge in [-0.15, -0.1) is 32.9 Å². The van der Waals surface area contributed by atoms with E-state index >= 15 is 0 Å². The molecule has 0 bridgehead atoms. The summed E-state index contributed by atoms with van der Waals surface area (Å²) in [6.07, 6.45) is 0.278. The second kappa shape index (κ2) is 23.1. The number of nitrogens with two attached hydrogens (primary N) is 1. The number of hydrogen-bond donors (Lipinski definition) is 4. The molecule has 0 unspecified atom stereocenters. The number of likely N-dealkylation sites (tertiary alicyclic amines) is 1. The van der Waals surface area contributed by atoms with Crippen molar-refractivity contribution in [2.24, 2.45) is 22.6 Å². The number of fused-ring (bicyclic) bond motifs is 4. The van der Waals surface area contributed by atoms with Crippen molar-refractivity contribution in [2.75, 3.05) is 6.54 Å². The second-order valence-corrected chi connectivity index (χ2v) is 24.3. The number of amides is 4. The van der Waals surface area contributed by atoms with Crippen molar-refractivity contribution >= 4 is 80.6 Å². The van der Waals surface area contributed by atoms with Crippen LogP contribution in [0.4, 0.5) is 0 Å². The molecule has 4 aromatic heterocycles. The number of halogens is 1. The van der Waals surface area contributed by atoms with E-state index in [1.54, 1.807) is 66.3 Å². The molecule has 5 N–H and O–H groups in total. The highest BCUT2D eigenvalue weighted by Crippen LogP contribution is 2.40. The van der Waals surface area contributed by atoms with E-state index in [2.05, 4.69) is 45.0 Å². The van der Waals surface area contributed by atoms with Crippen molar-refractivity contribution < 1.29 is 37.9 Å². The standard InChI is InChI=1S/C59H65ClN10O8S2/c1-28(2)50(61)59(75)77-43-24-45(55(72)63-31(6)35-10-12-37(13-11-35)53-32(7)62-27-79-53)69(26-43)57(74)51(29(3)4)66-56(73)47-21-38-20-41(18-19-46(38)78-47)76-42-22-40(23-42)64-48(71)25-44-54-68-67-34(9)70(54)58-49(30(5)33(8)80-58)52(65-44)36-14-16-39(60)17-15-36/h10-21,27-29,31,40,42-45,50-51H,22-26,61H2,1-9H3,(H,63,72)(H,64,71)(H,66,73)/t31-,40-,42+,43+,44-,45-,50-,51-/m0/s1. The zero-order chi connectivity index (χ0) is 56.8. The fourth-order valence-corrected chi connectivity index (χ4v) is 12.6. The molecule has 3 aliphatic rings. The van der Waals surface area contributed by atoms with Gasteiger partial charge in [0.25, 0.3) is 5.91 Å². The number of carbonyl (C=O) groups is 5. The molecule has 21 heteroatoms. The van der Waals surface area contributed by atoms with Crippen molar-refractivity contribution in [1.29, 1.82) is 0 Å². The number of nitrogens with one attached hydrogen (secondary N) is 3. The van der Waals surface area contributed by atoms with Gasteiger partial charge < -0.3 is 40.5 Å². The van der Waals surface area contributed by atoms with Gasteiger partial charge in [-0.1, -0.05) is 75.7 Å². The van der Waals surface area contributed by atoms with Crippen LogP contribution in [0.15, 0.2) is 87.7 Å². The first-order valence-corrected chi connectivity index (χ1v) is 29.0. The maximum atomic E-state index is 14.7. The average molecular weight is 1140 g/mol. The van der Waals surface area contributed by atoms with E-state index < -0.39 is 65.9 Å². The highest BCUT2D eigenvalue weighted by Gasteiger charge is 2.45. The zero-order valence-electron chi connectivity index (χ0n) is 46.0. The number of nitrogens with zero attached hydrogens (tertiary/aromatic N) is 6. The SMILES string of the molecule is Cc1ncsc1-c1ccc([C@H](C)NC(=O)[C@@H]2C[C@@H](OC(=O)[C@@H](N)C(C)C)CN2C(=O)[C@@H](NC(=O)c2cc3cc(O[C@H]4C[C@@H](NC(=O)C[C@@H]5N=C(c6ccc(Cl)cc6)c6c(sc(C)c6C)-n6c(C)nnc65)C4)ccc3o2)C(C)C)cc1. The van der Waals surface area contributed by atoms with Crippen LogP contribution in [0.2, 0.25) is 5.02 Å². The van der Waals surface area contributed by atoms with Crippen LogP contribution >= 0.6 is 34.3 Å². The number of thiazole rings is 1. The van der Waals surface area contributed by atoms with Crippen LogP contribution in [0.1, 0.15) is 127 Å². The molecule has 1 saturated carbocycles. The minimum atomic E-state index is -1.08. The van der Waals surface area contributed by atoms with E-state index in [1.807, 2.05) is 87.7 Å². The minimum absolute atomic E-state index is 0.0230. The van der Waals surface area contributed by atoms with Crippen molar-refractivity contribution in [3.05, 3.63) is 134 Å². The summed E-state index contributed by atoms with van der Waals surface area (Å²) in [5, 5.41) is 20.3. The lowest BCUT2D eigenvalue weighted by Crippen LogP contribution is -2.55. The maximum absolute atomic E-state index is 14.7. The van der Waals surface area contributed by atoms with Gasteiger partial charge in [-0.25, -0.2) is 4.98 Å². The Labute approximate surface area is 476 Å². The lowest BCUT2D eigenvalue weighted by molar-refractivity contribution is -0.152. The van der Waals surface area contributed by atoms with E-state index in [-0.39, 0.29) is 49.1 Å². The van der Waals surface area contributed by atoms with Crippen molar-refractivity contribution in [1.82, 2.24) is 40.6 Å². The highest BCUT2D eigenvalue weighted by molar-refractivity contribution is 7.15. The number of carbonyl (C=O) groups excluding carboxylic acids is 5. The van der Waals surface area contributed by atoms with E-state index in [0.29, 0.717) is 46.2 Å². The van der Waals surface area contributed by atoms with Gasteiger partial charge in [0.05, 0.1) is 40.8 Å². The number of aromatic nitrogens is 4. The molecule has 6 atom stereocenters. The molecule has 6 heterocycles. The molecule has 4 amide bonds. The third kappa shape index (κ3) is 11.5. The van der Waals surface area contributed by atoms with Crippen LogP contribution in [0, 0.1) is 39.5 Å². The summed E-state index contributed by atoms with van der Waals surface area (Å²) in [5.41, 5.74) is 15.0. The Bertz CT molecular complexity index is 3520. The number of aryl methyl sites for hydroxylation is 3. The summed E-state index contributed by atoms with van der Waals surface area (Å²) >= 11 is 9.50. The number of esters is 1. The van der Waals surface area contributed by atoms with Gasteiger partial charge >= 0.3 is 5.97 Å². The Morgan fingerprint density at radius 2 is 1.59 bits per heavy atom. The summed E-state index contributed by atoms with van der Waals surface area (Å²) < 4.78 is 20.2. The Kier molecular flexibility index (Phi) is 16.2. The lowest BCUT2D eigenvalue weighted by Gasteiger charge is -2.36. The van der Waals surface area contributed by atoms with Gasteiger partial charge in [0.2, 0.25) is 17.7 Å². The molecule has 80 heavy (non-hydrogen) atoms. The quantitative estimate of drug-likeness (QED) is 0.0625. The first-order chi connectivity index (χ1) is 38.2. The molecule has 0 radical (unpaired) electrons. The van der Waals surface area contributed by atoms with Crippen molar-refractivity contribution in [2.45, 2.75) is 136 Å². The molecular formula is C59H65ClN10O8S2. The second-order valence-electron chi connectivity index (χ2n) is 21.8. The normalized spacial score (nSPS) is 19.8. The number of hydrogen-bond acceptors (Lipinski definition) is 15. The molecular weight excluding hydrogens is 1080 g/mol. The van der Waals surface area contributed by atoms with Crippen LogP contribution in [-0.4, -0.2) is 103 Å². The molecule has 418 valence electrons. The summed E-state index contributed by atoms with van der Waals surface area (Å²) in [5.74, 6) is -1.11. The first kappa shape index (κ1) is 56.0. The van der Waals surface area contributed by atoms with Gasteiger partial charge in [0, 0.05) is 51.7 Å². The first-order valence-electron chi connectivity index (χ1n) is 26.9. The molecule has 7 aromatic rings. The van der Waals surface area contributed by atoms with E-state index in [9.17, 15) is 24.0 Å². The smallest absolute Gasteiger partial charge is 0.323 e. The van der Waals surface area contributed by atoms with Gasteiger partial charge in [-0.05, 0) is 99.5 Å². The number of furan rings is 1. The Hall–Kier alpha value is -7.26. The van der Waals surface area contributed by atoms with Gasteiger partial charge in [0.15, 0.2) is 11.6 Å². The largest absolute Gasteiger partial charge is 0.490 e. The minimum Gasteiger partial charge on any atom is -0.490 e. The molecule has 18 nitrogen and oxygen atoms in total. The van der Waals surface area contributed by atoms with Crippen LogP contribution in [0.25, 0.3) is 26.4 Å². The van der Waals surface area contributed by atoms with E-state index in [1.165, 1.54) is 4.90 Å². The van der Waals surface area contributed by atoms with Crippen molar-refractivity contribution in [3.63, 3.8) is 0 Å². The van der Waals surface area contributed by atoms with E-state index in [4.69, 9.17) is 36.2 Å². The van der Waals surface area contributed by atoms with Crippen LogP contribution in [0.5, 0.6) is 5.75 Å². The lowest BCUT2D eigenvalue weighted by atomic mass is 9.89. The van der Waals surface area contributed by atoms with Crippen LogP contribution in [-0.2, 0) is 23.9 Å². The monoisotopic (exact) mass is 1140 g/mol. The topological polar surface area (TPSA) is 238 Å². The Morgan fingerprint density at radius 1 is 0.863 bits per heavy atom. The summed E-state index contributed by atoms with van der Waals surface area (Å²) in [4.78, 5) is 82.9. The number of ether oxygens (including phenoxy) is 2. The number of benzene rings is 3.